The third-order valence-electron chi connectivity index (χ3n) is 2.82. The lowest BCUT2D eigenvalue weighted by Gasteiger charge is -2.02. The van der Waals surface area contributed by atoms with Crippen LogP contribution in [0.5, 0.6) is 0 Å². The van der Waals surface area contributed by atoms with Crippen molar-refractivity contribution in [2.75, 3.05) is 0 Å². The van der Waals surface area contributed by atoms with E-state index in [0.717, 1.165) is 24.0 Å². The maximum absolute atomic E-state index is 4.20. The molecule has 0 spiro atoms. The zero-order valence-corrected chi connectivity index (χ0v) is 9.30. The van der Waals surface area contributed by atoms with Crippen molar-refractivity contribution in [2.45, 2.75) is 12.8 Å². The molecule has 1 N–H and O–H groups in total. The molecular weight excluding hydrogens is 212 g/mol. The number of pyridine rings is 2. The second-order valence-electron chi connectivity index (χ2n) is 3.93. The fraction of sp³-hybridized carbons (Fsp3) is 0.154. The van der Waals surface area contributed by atoms with Crippen LogP contribution >= 0.6 is 0 Å². The highest BCUT2D eigenvalue weighted by atomic mass is 14.9. The molecule has 0 bridgehead atoms. The summed E-state index contributed by atoms with van der Waals surface area (Å²) in [5.74, 6) is 0. The lowest BCUT2D eigenvalue weighted by Crippen LogP contribution is -1.93. The number of hydrogen-bond donors (Lipinski definition) is 1. The summed E-state index contributed by atoms with van der Waals surface area (Å²) in [6.07, 6.45) is 9.14. The quantitative estimate of drug-likeness (QED) is 0.741. The number of aryl methyl sites for hydroxylation is 2. The molecule has 0 saturated carbocycles. The molecule has 4 heteroatoms. The fourth-order valence-electron chi connectivity index (χ4n) is 1.94. The molecule has 0 aliphatic rings. The van der Waals surface area contributed by atoms with Crippen LogP contribution in [0.3, 0.4) is 0 Å². The van der Waals surface area contributed by atoms with E-state index in [4.69, 9.17) is 0 Å². The van der Waals surface area contributed by atoms with Crippen molar-refractivity contribution in [1.29, 1.82) is 0 Å². The molecule has 84 valence electrons. The van der Waals surface area contributed by atoms with Gasteiger partial charge in [-0.1, -0.05) is 6.07 Å². The Morgan fingerprint density at radius 1 is 1.06 bits per heavy atom. The topological polar surface area (TPSA) is 54.5 Å². The van der Waals surface area contributed by atoms with Crippen molar-refractivity contribution < 1.29 is 0 Å². The van der Waals surface area contributed by atoms with Gasteiger partial charge < -0.3 is 4.98 Å². The molecule has 3 aromatic rings. The molecular formula is C13H12N4. The van der Waals surface area contributed by atoms with Crippen LogP contribution in [0.15, 0.2) is 43.1 Å². The Morgan fingerprint density at radius 2 is 2.06 bits per heavy atom. The average Bonchev–Trinajstić information content (AvgIpc) is 2.86. The first-order valence-electron chi connectivity index (χ1n) is 5.59. The van der Waals surface area contributed by atoms with E-state index in [0.29, 0.717) is 0 Å². The minimum atomic E-state index is 0.786. The van der Waals surface area contributed by atoms with Gasteiger partial charge >= 0.3 is 0 Å². The minimum absolute atomic E-state index is 0.786. The molecule has 0 aliphatic carbocycles. The predicted octanol–water partition coefficient (Wildman–Crippen LogP) is 2.14. The van der Waals surface area contributed by atoms with Gasteiger partial charge in [-0.3, -0.25) is 4.98 Å². The summed E-state index contributed by atoms with van der Waals surface area (Å²) in [7, 11) is 0. The van der Waals surface area contributed by atoms with Crippen LogP contribution in [-0.2, 0) is 12.8 Å². The van der Waals surface area contributed by atoms with Gasteiger partial charge in [0.1, 0.15) is 0 Å². The molecule has 3 aromatic heterocycles. The summed E-state index contributed by atoms with van der Waals surface area (Å²) in [5, 5.41) is 0. The van der Waals surface area contributed by atoms with Crippen LogP contribution in [0.2, 0.25) is 0 Å². The van der Waals surface area contributed by atoms with Gasteiger partial charge in [-0.15, -0.1) is 0 Å². The molecule has 0 atom stereocenters. The lowest BCUT2D eigenvalue weighted by molar-refractivity contribution is 0.953. The summed E-state index contributed by atoms with van der Waals surface area (Å²) in [5.41, 5.74) is 4.32. The summed E-state index contributed by atoms with van der Waals surface area (Å²) in [6, 6.07) is 6.10. The van der Waals surface area contributed by atoms with Gasteiger partial charge in [0.15, 0.2) is 5.65 Å². The van der Waals surface area contributed by atoms with Crippen LogP contribution in [0.4, 0.5) is 0 Å². The third-order valence-corrected chi connectivity index (χ3v) is 2.82. The van der Waals surface area contributed by atoms with Crippen molar-refractivity contribution in [3.63, 3.8) is 0 Å². The number of H-pyrrole nitrogens is 1. The van der Waals surface area contributed by atoms with E-state index in [9.17, 15) is 0 Å². The molecule has 4 nitrogen and oxygen atoms in total. The molecule has 3 heterocycles. The molecule has 0 fully saturated rings. The molecule has 0 aromatic carbocycles. The highest BCUT2D eigenvalue weighted by Gasteiger charge is 2.04. The van der Waals surface area contributed by atoms with E-state index < -0.39 is 0 Å². The monoisotopic (exact) mass is 224 g/mol. The van der Waals surface area contributed by atoms with E-state index in [1.807, 2.05) is 24.5 Å². The number of nitrogens with one attached hydrogen (secondary N) is 1. The first-order valence-corrected chi connectivity index (χ1v) is 5.59. The largest absolute Gasteiger partial charge is 0.343 e. The normalized spacial score (nSPS) is 10.8. The van der Waals surface area contributed by atoms with E-state index in [1.165, 1.54) is 11.1 Å². The number of hydrogen-bond acceptors (Lipinski definition) is 3. The van der Waals surface area contributed by atoms with Gasteiger partial charge in [0, 0.05) is 18.6 Å². The minimum Gasteiger partial charge on any atom is -0.343 e. The van der Waals surface area contributed by atoms with Crippen LogP contribution in [-0.4, -0.2) is 19.9 Å². The molecule has 0 aliphatic heterocycles. The summed E-state index contributed by atoms with van der Waals surface area (Å²) in [6.45, 7) is 0. The Bertz CT molecular complexity index is 615. The zero-order chi connectivity index (χ0) is 11.5. The van der Waals surface area contributed by atoms with Gasteiger partial charge in [0.05, 0.1) is 11.8 Å². The zero-order valence-electron chi connectivity index (χ0n) is 9.30. The number of fused-ring (bicyclic) bond motifs is 1. The van der Waals surface area contributed by atoms with E-state index in [1.54, 1.807) is 12.5 Å². The van der Waals surface area contributed by atoms with Crippen LogP contribution in [0.1, 0.15) is 11.1 Å². The molecule has 0 unspecified atom stereocenters. The van der Waals surface area contributed by atoms with Gasteiger partial charge in [-0.05, 0) is 36.1 Å². The average molecular weight is 224 g/mol. The van der Waals surface area contributed by atoms with Gasteiger partial charge in [0.2, 0.25) is 0 Å². The van der Waals surface area contributed by atoms with Crippen LogP contribution in [0.25, 0.3) is 11.2 Å². The maximum atomic E-state index is 4.20. The predicted molar refractivity (Wildman–Crippen MR) is 65.5 cm³/mol. The van der Waals surface area contributed by atoms with Crippen molar-refractivity contribution in [1.82, 2.24) is 19.9 Å². The lowest BCUT2D eigenvalue weighted by atomic mass is 10.1. The molecule has 0 amide bonds. The summed E-state index contributed by atoms with van der Waals surface area (Å²) in [4.78, 5) is 15.6. The second kappa shape index (κ2) is 4.33. The van der Waals surface area contributed by atoms with Crippen molar-refractivity contribution in [2.24, 2.45) is 0 Å². The Kier molecular flexibility index (Phi) is 2.54. The Morgan fingerprint density at radius 3 is 2.94 bits per heavy atom. The first kappa shape index (κ1) is 9.96. The van der Waals surface area contributed by atoms with Crippen molar-refractivity contribution in [3.05, 3.63) is 54.2 Å². The van der Waals surface area contributed by atoms with E-state index >= 15 is 0 Å². The number of rotatable bonds is 3. The Balaban J connectivity index is 1.84. The van der Waals surface area contributed by atoms with Gasteiger partial charge in [-0.2, -0.15) is 0 Å². The van der Waals surface area contributed by atoms with E-state index in [-0.39, 0.29) is 0 Å². The van der Waals surface area contributed by atoms with Gasteiger partial charge in [0.25, 0.3) is 0 Å². The van der Waals surface area contributed by atoms with Gasteiger partial charge in [-0.25, -0.2) is 9.97 Å². The fourth-order valence-corrected chi connectivity index (χ4v) is 1.94. The summed E-state index contributed by atoms with van der Waals surface area (Å²) < 4.78 is 0. The number of aromatic amines is 1. The maximum Gasteiger partial charge on any atom is 0.177 e. The highest BCUT2D eigenvalue weighted by molar-refractivity contribution is 5.73. The molecule has 0 radical (unpaired) electrons. The Hall–Kier alpha value is -2.23. The molecule has 0 saturated heterocycles. The smallest absolute Gasteiger partial charge is 0.177 e. The number of aromatic nitrogens is 4. The number of nitrogens with zero attached hydrogens (tertiary/aromatic N) is 3. The second-order valence-corrected chi connectivity index (χ2v) is 3.93. The standard InChI is InChI=1S/C13H12N4/c1-2-10(8-14-6-1)3-4-11-5-7-15-13-12(11)16-9-17-13/h1-2,5-9H,3-4H2,(H,15,16,17). The first-order chi connectivity index (χ1) is 8.43. The molecule has 17 heavy (non-hydrogen) atoms. The number of imidazole rings is 1. The van der Waals surface area contributed by atoms with Crippen molar-refractivity contribution in [3.8, 4) is 0 Å². The Labute approximate surface area is 98.8 Å². The SMILES string of the molecule is c1cncc(CCc2ccnc3nc[nH]c23)c1. The summed E-state index contributed by atoms with van der Waals surface area (Å²) >= 11 is 0. The molecule has 3 rings (SSSR count). The third kappa shape index (κ3) is 2.01. The van der Waals surface area contributed by atoms with E-state index in [2.05, 4.69) is 26.0 Å². The van der Waals surface area contributed by atoms with Crippen LogP contribution in [0, 0.1) is 0 Å². The highest BCUT2D eigenvalue weighted by Crippen LogP contribution is 2.14. The van der Waals surface area contributed by atoms with Crippen molar-refractivity contribution >= 4 is 11.2 Å². The van der Waals surface area contributed by atoms with Crippen LogP contribution < -0.4 is 0 Å².